The Hall–Kier alpha value is -1.31. The number of piperidine rings is 1. The quantitative estimate of drug-likeness (QED) is 0.883. The van der Waals surface area contributed by atoms with E-state index in [-0.39, 0.29) is 22.4 Å². The number of benzene rings is 1. The van der Waals surface area contributed by atoms with E-state index >= 15 is 0 Å². The van der Waals surface area contributed by atoms with Gasteiger partial charge in [-0.15, -0.1) is 0 Å². The summed E-state index contributed by atoms with van der Waals surface area (Å²) in [5.74, 6) is 0.575. The zero-order valence-electron chi connectivity index (χ0n) is 12.4. The van der Waals surface area contributed by atoms with Crippen molar-refractivity contribution in [3.8, 4) is 11.5 Å². The van der Waals surface area contributed by atoms with Crippen LogP contribution < -0.4 is 15.2 Å². The van der Waals surface area contributed by atoms with Crippen molar-refractivity contribution in [3.05, 3.63) is 18.2 Å². The molecule has 1 saturated heterocycles. The van der Waals surface area contributed by atoms with Gasteiger partial charge in [-0.05, 0) is 25.0 Å². The topological polar surface area (TPSA) is 81.9 Å². The predicted molar refractivity (Wildman–Crippen MR) is 80.1 cm³/mol. The minimum absolute atomic E-state index is 0.0790. The fraction of sp³-hybridized carbons (Fsp3) is 0.571. The van der Waals surface area contributed by atoms with Gasteiger partial charge in [0.1, 0.15) is 11.5 Å². The standard InChI is InChI=1S/C14H22N2O4S/c1-19-12-7-5-8-13(20-2)14(12)21(17,18)16-9-4-3-6-11(16)10-15/h5,7-8,11H,3-4,6,9-10,15H2,1-2H3. The molecule has 0 bridgehead atoms. The summed E-state index contributed by atoms with van der Waals surface area (Å²) in [5, 5.41) is 0. The summed E-state index contributed by atoms with van der Waals surface area (Å²) in [7, 11) is -0.808. The molecule has 1 atom stereocenters. The Bertz CT molecular complexity index is 566. The monoisotopic (exact) mass is 314 g/mol. The molecule has 0 radical (unpaired) electrons. The Morgan fingerprint density at radius 3 is 2.38 bits per heavy atom. The molecule has 1 aromatic rings. The Labute approximate surface area is 125 Å². The zero-order chi connectivity index (χ0) is 15.5. The highest BCUT2D eigenvalue weighted by Gasteiger charge is 2.36. The second-order valence-corrected chi connectivity index (χ2v) is 6.82. The highest BCUT2D eigenvalue weighted by Crippen LogP contribution is 2.37. The van der Waals surface area contributed by atoms with Crippen LogP contribution in [0.4, 0.5) is 0 Å². The van der Waals surface area contributed by atoms with E-state index in [0.717, 1.165) is 19.3 Å². The Morgan fingerprint density at radius 1 is 1.24 bits per heavy atom. The first-order valence-corrected chi connectivity index (χ1v) is 8.43. The summed E-state index contributed by atoms with van der Waals surface area (Å²) in [6, 6.07) is 4.78. The lowest BCUT2D eigenvalue weighted by molar-refractivity contribution is 0.255. The normalized spacial score (nSPS) is 20.2. The van der Waals surface area contributed by atoms with Crippen molar-refractivity contribution >= 4 is 10.0 Å². The van der Waals surface area contributed by atoms with E-state index in [1.165, 1.54) is 18.5 Å². The van der Waals surface area contributed by atoms with Crippen LogP contribution in [0, 0.1) is 0 Å². The third kappa shape index (κ3) is 3.00. The molecule has 7 heteroatoms. The van der Waals surface area contributed by atoms with Crippen molar-refractivity contribution in [2.45, 2.75) is 30.2 Å². The lowest BCUT2D eigenvalue weighted by atomic mass is 10.1. The first kappa shape index (κ1) is 16.1. The van der Waals surface area contributed by atoms with E-state index < -0.39 is 10.0 Å². The van der Waals surface area contributed by atoms with Crippen LogP contribution >= 0.6 is 0 Å². The highest BCUT2D eigenvalue weighted by molar-refractivity contribution is 7.89. The summed E-state index contributed by atoms with van der Waals surface area (Å²) in [6.45, 7) is 0.794. The minimum atomic E-state index is -3.71. The van der Waals surface area contributed by atoms with Crippen LogP contribution in [0.2, 0.25) is 0 Å². The molecule has 2 rings (SSSR count). The van der Waals surface area contributed by atoms with Crippen LogP contribution in [0.25, 0.3) is 0 Å². The molecular weight excluding hydrogens is 292 g/mol. The molecule has 0 amide bonds. The molecule has 1 heterocycles. The molecular formula is C14H22N2O4S. The van der Waals surface area contributed by atoms with Gasteiger partial charge in [-0.1, -0.05) is 12.5 Å². The molecule has 1 unspecified atom stereocenters. The molecule has 0 aliphatic carbocycles. The SMILES string of the molecule is COc1cccc(OC)c1S(=O)(=O)N1CCCCC1CN. The van der Waals surface area contributed by atoms with Gasteiger partial charge in [-0.25, -0.2) is 8.42 Å². The van der Waals surface area contributed by atoms with Crippen molar-refractivity contribution in [1.29, 1.82) is 0 Å². The van der Waals surface area contributed by atoms with Crippen molar-refractivity contribution in [3.63, 3.8) is 0 Å². The molecule has 6 nitrogen and oxygen atoms in total. The van der Waals surface area contributed by atoms with Gasteiger partial charge in [0.05, 0.1) is 14.2 Å². The number of rotatable bonds is 5. The van der Waals surface area contributed by atoms with Crippen LogP contribution in [-0.4, -0.2) is 46.1 Å². The van der Waals surface area contributed by atoms with Crippen molar-refractivity contribution < 1.29 is 17.9 Å². The second-order valence-electron chi connectivity index (χ2n) is 4.99. The zero-order valence-corrected chi connectivity index (χ0v) is 13.2. The summed E-state index contributed by atoms with van der Waals surface area (Å²) < 4.78 is 38.0. The molecule has 0 aromatic heterocycles. The van der Waals surface area contributed by atoms with E-state index in [2.05, 4.69) is 0 Å². The molecule has 1 aliphatic rings. The summed E-state index contributed by atoms with van der Waals surface area (Å²) in [4.78, 5) is 0.0790. The number of nitrogens with zero attached hydrogens (tertiary/aromatic N) is 1. The first-order chi connectivity index (χ1) is 10.1. The smallest absolute Gasteiger partial charge is 0.250 e. The predicted octanol–water partition coefficient (Wildman–Crippen LogP) is 1.21. The number of methoxy groups -OCH3 is 2. The Morgan fingerprint density at radius 2 is 1.86 bits per heavy atom. The van der Waals surface area contributed by atoms with E-state index in [0.29, 0.717) is 13.1 Å². The van der Waals surface area contributed by atoms with Gasteiger partial charge in [0.2, 0.25) is 0 Å². The fourth-order valence-corrected chi connectivity index (χ4v) is 4.71. The van der Waals surface area contributed by atoms with Gasteiger partial charge in [0.15, 0.2) is 4.90 Å². The lowest BCUT2D eigenvalue weighted by Crippen LogP contribution is -2.47. The summed E-state index contributed by atoms with van der Waals surface area (Å²) in [6.07, 6.45) is 2.62. The van der Waals surface area contributed by atoms with Crippen LogP contribution in [0.1, 0.15) is 19.3 Å². The third-order valence-corrected chi connectivity index (χ3v) is 5.81. The number of nitrogens with two attached hydrogens (primary N) is 1. The van der Waals surface area contributed by atoms with Gasteiger partial charge < -0.3 is 15.2 Å². The van der Waals surface area contributed by atoms with Crippen LogP contribution in [0.5, 0.6) is 11.5 Å². The van der Waals surface area contributed by atoms with Gasteiger partial charge >= 0.3 is 0 Å². The van der Waals surface area contributed by atoms with E-state index in [1.807, 2.05) is 0 Å². The molecule has 0 saturated carbocycles. The average Bonchev–Trinajstić information content (AvgIpc) is 2.53. The van der Waals surface area contributed by atoms with Crippen molar-refractivity contribution in [2.75, 3.05) is 27.3 Å². The fourth-order valence-electron chi connectivity index (χ4n) is 2.71. The largest absolute Gasteiger partial charge is 0.495 e. The minimum Gasteiger partial charge on any atom is -0.495 e. The molecule has 1 fully saturated rings. The van der Waals surface area contributed by atoms with Crippen LogP contribution in [0.15, 0.2) is 23.1 Å². The van der Waals surface area contributed by atoms with Gasteiger partial charge in [0.25, 0.3) is 10.0 Å². The van der Waals surface area contributed by atoms with Gasteiger partial charge in [0, 0.05) is 19.1 Å². The Balaban J connectivity index is 2.52. The van der Waals surface area contributed by atoms with Crippen LogP contribution in [-0.2, 0) is 10.0 Å². The lowest BCUT2D eigenvalue weighted by Gasteiger charge is -2.34. The van der Waals surface area contributed by atoms with Crippen molar-refractivity contribution in [2.24, 2.45) is 5.73 Å². The number of hydrogen-bond donors (Lipinski definition) is 1. The molecule has 118 valence electrons. The first-order valence-electron chi connectivity index (χ1n) is 6.99. The van der Waals surface area contributed by atoms with Crippen molar-refractivity contribution in [1.82, 2.24) is 4.31 Å². The number of hydrogen-bond acceptors (Lipinski definition) is 5. The second kappa shape index (κ2) is 6.64. The number of sulfonamides is 1. The van der Waals surface area contributed by atoms with Gasteiger partial charge in [-0.2, -0.15) is 4.31 Å². The summed E-state index contributed by atoms with van der Waals surface area (Å²) in [5.41, 5.74) is 5.74. The maximum absolute atomic E-state index is 13.0. The number of ether oxygens (including phenoxy) is 2. The molecule has 1 aliphatic heterocycles. The molecule has 0 spiro atoms. The molecule has 21 heavy (non-hydrogen) atoms. The van der Waals surface area contributed by atoms with Crippen LogP contribution in [0.3, 0.4) is 0 Å². The Kier molecular flexibility index (Phi) is 5.08. The third-order valence-electron chi connectivity index (χ3n) is 3.79. The maximum Gasteiger partial charge on any atom is 0.250 e. The average molecular weight is 314 g/mol. The van der Waals surface area contributed by atoms with E-state index in [1.54, 1.807) is 18.2 Å². The summed E-state index contributed by atoms with van der Waals surface area (Å²) >= 11 is 0. The molecule has 1 aromatic carbocycles. The molecule has 2 N–H and O–H groups in total. The van der Waals surface area contributed by atoms with E-state index in [9.17, 15) is 8.42 Å². The van der Waals surface area contributed by atoms with E-state index in [4.69, 9.17) is 15.2 Å². The highest BCUT2D eigenvalue weighted by atomic mass is 32.2. The maximum atomic E-state index is 13.0. The van der Waals surface area contributed by atoms with Gasteiger partial charge in [-0.3, -0.25) is 0 Å².